The summed E-state index contributed by atoms with van der Waals surface area (Å²) in [4.78, 5) is 0. The number of benzene rings is 3. The van der Waals surface area contributed by atoms with E-state index in [0.29, 0.717) is 11.5 Å². The zero-order valence-electron chi connectivity index (χ0n) is 13.8. The molecule has 0 bridgehead atoms. The van der Waals surface area contributed by atoms with Crippen molar-refractivity contribution in [2.24, 2.45) is 0 Å². The summed E-state index contributed by atoms with van der Waals surface area (Å²) in [6, 6.07) is 27.8. The number of nitrogens with one attached hydrogen (secondary N) is 1. The molecule has 0 aliphatic rings. The third-order valence-corrected chi connectivity index (χ3v) is 8.16. The quantitative estimate of drug-likeness (QED) is 0.405. The van der Waals surface area contributed by atoms with Crippen molar-refractivity contribution in [3.05, 3.63) is 91.0 Å². The van der Waals surface area contributed by atoms with Crippen molar-refractivity contribution in [1.29, 1.82) is 0 Å². The third-order valence-electron chi connectivity index (χ3n) is 3.35. The van der Waals surface area contributed by atoms with E-state index in [1.807, 2.05) is 66.7 Å². The minimum Gasteiger partial charge on any atom is -1.00 e. The molecule has 0 spiro atoms. The molecular formula is C19H17ClNO3PSn. The molecule has 26 heavy (non-hydrogen) atoms. The Kier molecular flexibility index (Phi) is 7.88. The average molecular weight is 492 g/mol. The Balaban J connectivity index is 0.00000243. The first-order chi connectivity index (χ1) is 12.2. The van der Waals surface area contributed by atoms with E-state index in [2.05, 4.69) is 5.32 Å². The molecule has 3 rings (SSSR count). The molecule has 0 aliphatic carbocycles. The Hall–Kier alpha value is -1.62. The summed E-state index contributed by atoms with van der Waals surface area (Å²) in [7, 11) is -3.49. The Morgan fingerprint density at radius 1 is 0.731 bits per heavy atom. The molecular weight excluding hydrogens is 475 g/mol. The molecule has 2 radical (unpaired) electrons. The molecule has 132 valence electrons. The van der Waals surface area contributed by atoms with Crippen LogP contribution in [0.5, 0.6) is 11.5 Å². The molecule has 7 heteroatoms. The van der Waals surface area contributed by atoms with Gasteiger partial charge in [0.25, 0.3) is 0 Å². The molecule has 3 aromatic carbocycles. The van der Waals surface area contributed by atoms with Crippen LogP contribution >= 0.6 is 7.60 Å². The van der Waals surface area contributed by atoms with E-state index in [9.17, 15) is 4.57 Å². The van der Waals surface area contributed by atoms with Crippen LogP contribution in [0.25, 0.3) is 0 Å². The van der Waals surface area contributed by atoms with Gasteiger partial charge in [-0.25, -0.2) is 0 Å². The first kappa shape index (κ1) is 20.7. The smallest absolute Gasteiger partial charge is 1.00 e. The fraction of sp³-hybridized carbons (Fsp3) is 0.0526. The zero-order chi connectivity index (χ0) is 17.5. The SMILES string of the molecule is O=P(Oc1ccccc1)(Oc1ccccc1)[CH]([Sn+])Nc1ccccc1.[Cl-]. The predicted molar refractivity (Wildman–Crippen MR) is 101 cm³/mol. The van der Waals surface area contributed by atoms with Crippen molar-refractivity contribution in [2.75, 3.05) is 5.32 Å². The van der Waals surface area contributed by atoms with Crippen LogP contribution in [-0.4, -0.2) is 26.3 Å². The van der Waals surface area contributed by atoms with E-state index in [-0.39, 0.29) is 12.4 Å². The molecule has 0 saturated heterocycles. The van der Waals surface area contributed by atoms with Gasteiger partial charge in [-0.2, -0.15) is 0 Å². The van der Waals surface area contributed by atoms with E-state index in [0.717, 1.165) is 28.2 Å². The summed E-state index contributed by atoms with van der Waals surface area (Å²) in [5.41, 5.74) is 0.873. The van der Waals surface area contributed by atoms with Crippen molar-refractivity contribution in [2.45, 2.75) is 3.80 Å². The van der Waals surface area contributed by atoms with Crippen LogP contribution < -0.4 is 26.8 Å². The van der Waals surface area contributed by atoms with Crippen molar-refractivity contribution < 1.29 is 26.0 Å². The second-order valence-electron chi connectivity index (χ2n) is 5.26. The van der Waals surface area contributed by atoms with E-state index >= 15 is 0 Å². The second kappa shape index (κ2) is 9.91. The molecule has 0 amide bonds. The fourth-order valence-corrected chi connectivity index (χ4v) is 4.92. The van der Waals surface area contributed by atoms with Gasteiger partial charge < -0.3 is 12.4 Å². The summed E-state index contributed by atoms with van der Waals surface area (Å²) in [5.74, 6) is 1.04. The molecule has 0 aromatic heterocycles. The topological polar surface area (TPSA) is 47.6 Å². The van der Waals surface area contributed by atoms with Crippen LogP contribution in [0.3, 0.4) is 0 Å². The van der Waals surface area contributed by atoms with E-state index in [1.54, 1.807) is 24.3 Å². The normalized spacial score (nSPS) is 11.7. The van der Waals surface area contributed by atoms with Crippen LogP contribution in [0.2, 0.25) is 0 Å². The zero-order valence-corrected chi connectivity index (χ0v) is 18.3. The van der Waals surface area contributed by atoms with Crippen molar-refractivity contribution in [3.63, 3.8) is 0 Å². The van der Waals surface area contributed by atoms with E-state index < -0.39 is 11.4 Å². The molecule has 0 heterocycles. The van der Waals surface area contributed by atoms with Crippen LogP contribution in [0.1, 0.15) is 0 Å². The average Bonchev–Trinajstić information content (AvgIpc) is 2.64. The van der Waals surface area contributed by atoms with Crippen molar-refractivity contribution in [1.82, 2.24) is 0 Å². The van der Waals surface area contributed by atoms with Gasteiger partial charge in [0.15, 0.2) is 0 Å². The summed E-state index contributed by atoms with van der Waals surface area (Å²) >= 11 is 1.01. The Labute approximate surface area is 173 Å². The van der Waals surface area contributed by atoms with Gasteiger partial charge in [-0.3, -0.25) is 0 Å². The first-order valence-electron chi connectivity index (χ1n) is 7.77. The standard InChI is InChI=1S/C19H17NO3P.ClH.Sn/c21-24(22-18-12-6-2-7-13-18,23-19-14-8-3-9-15-19)16-20-17-10-4-1-5-11-17;;/h1-16,20H;1H;/q;;+1/p-1. The van der Waals surface area contributed by atoms with Crippen molar-refractivity contribution >= 4 is 35.8 Å². The third kappa shape index (κ3) is 5.70. The predicted octanol–water partition coefficient (Wildman–Crippen LogP) is 1.91. The van der Waals surface area contributed by atoms with Crippen molar-refractivity contribution in [3.8, 4) is 11.5 Å². The van der Waals surface area contributed by atoms with Gasteiger partial charge in [-0.05, 0) is 0 Å². The molecule has 0 fully saturated rings. The summed E-state index contributed by atoms with van der Waals surface area (Å²) in [6.45, 7) is 0. The van der Waals surface area contributed by atoms with Gasteiger partial charge in [-0.1, -0.05) is 0 Å². The number of hydrogen-bond acceptors (Lipinski definition) is 4. The van der Waals surface area contributed by atoms with E-state index in [4.69, 9.17) is 9.05 Å². The number of halogens is 1. The minimum atomic E-state index is -3.49. The van der Waals surface area contributed by atoms with Gasteiger partial charge in [0.05, 0.1) is 0 Å². The number of para-hydroxylation sites is 3. The molecule has 3 aromatic rings. The second-order valence-corrected chi connectivity index (χ2v) is 10.3. The van der Waals surface area contributed by atoms with E-state index in [1.165, 1.54) is 0 Å². The molecule has 1 N–H and O–H groups in total. The maximum atomic E-state index is 13.6. The maximum absolute atomic E-state index is 13.6. The summed E-state index contributed by atoms with van der Waals surface area (Å²) < 4.78 is 24.8. The van der Waals surface area contributed by atoms with Crippen LogP contribution in [0, 0.1) is 0 Å². The van der Waals surface area contributed by atoms with Crippen LogP contribution in [0.4, 0.5) is 5.69 Å². The monoisotopic (exact) mass is 493 g/mol. The molecule has 0 saturated carbocycles. The minimum absolute atomic E-state index is 0. The van der Waals surface area contributed by atoms with Gasteiger partial charge in [0.1, 0.15) is 0 Å². The Morgan fingerprint density at radius 3 is 1.54 bits per heavy atom. The van der Waals surface area contributed by atoms with Gasteiger partial charge in [0.2, 0.25) is 0 Å². The summed E-state index contributed by atoms with van der Waals surface area (Å²) in [6.07, 6.45) is 0. The molecule has 1 atom stereocenters. The van der Waals surface area contributed by atoms with Crippen LogP contribution in [-0.2, 0) is 4.57 Å². The Bertz CT molecular complexity index is 792. The maximum Gasteiger partial charge on any atom is -1.00 e. The molecule has 1 unspecified atom stereocenters. The number of rotatable bonds is 7. The van der Waals surface area contributed by atoms with Crippen LogP contribution in [0.15, 0.2) is 91.0 Å². The number of hydrogen-bond donors (Lipinski definition) is 1. The fourth-order valence-electron chi connectivity index (χ4n) is 2.15. The van der Waals surface area contributed by atoms with Gasteiger partial charge in [-0.15, -0.1) is 0 Å². The Morgan fingerprint density at radius 2 is 1.12 bits per heavy atom. The largest absolute Gasteiger partial charge is 1.00 e. The first-order valence-corrected chi connectivity index (χ1v) is 11.0. The summed E-state index contributed by atoms with van der Waals surface area (Å²) in [5, 5.41) is 3.25. The molecule has 0 aliphatic heterocycles. The van der Waals surface area contributed by atoms with Gasteiger partial charge in [0, 0.05) is 0 Å². The molecule has 4 nitrogen and oxygen atoms in total. The number of anilines is 1. The van der Waals surface area contributed by atoms with Gasteiger partial charge >= 0.3 is 161 Å².